The van der Waals surface area contributed by atoms with Gasteiger partial charge in [-0.15, -0.1) is 0 Å². The fraction of sp³-hybridized carbons (Fsp3) is 0. The fourth-order valence-electron chi connectivity index (χ4n) is 1.19. The number of nitrogens with two attached hydrogens (primary N) is 1. The van der Waals surface area contributed by atoms with E-state index in [0.29, 0.717) is 17.1 Å². The van der Waals surface area contributed by atoms with Crippen molar-refractivity contribution in [3.05, 3.63) is 36.0 Å². The van der Waals surface area contributed by atoms with E-state index in [0.717, 1.165) is 0 Å². The normalized spacial score (nSPS) is 10.0. The van der Waals surface area contributed by atoms with Gasteiger partial charge in [0.1, 0.15) is 5.75 Å². The molecule has 1 aromatic heterocycles. The summed E-state index contributed by atoms with van der Waals surface area (Å²) < 4.78 is 0. The predicted octanol–water partition coefficient (Wildman–Crippen LogP) is 0.950. The maximum absolute atomic E-state index is 11.7. The molecule has 0 bridgehead atoms. The number of carbonyl (C=O) groups excluding carboxylic acids is 1. The summed E-state index contributed by atoms with van der Waals surface area (Å²) in [5.41, 5.74) is 6.33. The molecule has 1 heterocycles. The number of benzene rings is 1. The van der Waals surface area contributed by atoms with Crippen LogP contribution in [0.25, 0.3) is 0 Å². The number of hydrogen-bond donors (Lipinski definition) is 4. The highest BCUT2D eigenvalue weighted by molar-refractivity contribution is 6.05. The third-order valence-electron chi connectivity index (χ3n) is 2.04. The molecule has 0 fully saturated rings. The Morgan fingerprint density at radius 1 is 1.38 bits per heavy atom. The summed E-state index contributed by atoms with van der Waals surface area (Å²) in [6.07, 6.45) is 1.41. The van der Waals surface area contributed by atoms with Crippen molar-refractivity contribution >= 4 is 17.4 Å². The Labute approximate surface area is 91.1 Å². The summed E-state index contributed by atoms with van der Waals surface area (Å²) in [4.78, 5) is 11.7. The van der Waals surface area contributed by atoms with Crippen LogP contribution >= 0.6 is 0 Å². The van der Waals surface area contributed by atoms with Gasteiger partial charge in [0.2, 0.25) is 0 Å². The number of nitrogen functional groups attached to an aromatic ring is 1. The Hall–Kier alpha value is -2.50. The van der Waals surface area contributed by atoms with Crippen LogP contribution in [0.4, 0.5) is 11.5 Å². The quantitative estimate of drug-likeness (QED) is 0.602. The maximum atomic E-state index is 11.7. The molecule has 0 atom stereocenters. The first-order chi connectivity index (χ1) is 7.66. The average Bonchev–Trinajstić information content (AvgIpc) is 2.65. The van der Waals surface area contributed by atoms with Crippen molar-refractivity contribution in [1.29, 1.82) is 0 Å². The fourth-order valence-corrected chi connectivity index (χ4v) is 1.19. The molecule has 2 aromatic rings. The number of nitrogens with zero attached hydrogens (tertiary/aromatic N) is 1. The van der Waals surface area contributed by atoms with Crippen molar-refractivity contribution < 1.29 is 9.90 Å². The number of carbonyl (C=O) groups is 1. The summed E-state index contributed by atoms with van der Waals surface area (Å²) >= 11 is 0. The second-order valence-corrected chi connectivity index (χ2v) is 3.20. The Morgan fingerprint density at radius 2 is 2.06 bits per heavy atom. The summed E-state index contributed by atoms with van der Waals surface area (Å²) in [7, 11) is 0. The highest BCUT2D eigenvalue weighted by Crippen LogP contribution is 2.15. The first-order valence-corrected chi connectivity index (χ1v) is 4.56. The van der Waals surface area contributed by atoms with Gasteiger partial charge in [-0.1, -0.05) is 0 Å². The van der Waals surface area contributed by atoms with E-state index in [1.54, 1.807) is 0 Å². The highest BCUT2D eigenvalue weighted by atomic mass is 16.3. The highest BCUT2D eigenvalue weighted by Gasteiger charge is 2.08. The summed E-state index contributed by atoms with van der Waals surface area (Å²) in [5, 5.41) is 17.9. The lowest BCUT2D eigenvalue weighted by atomic mass is 10.2. The first-order valence-electron chi connectivity index (χ1n) is 4.56. The minimum Gasteiger partial charge on any atom is -0.508 e. The van der Waals surface area contributed by atoms with Crippen LogP contribution in [-0.4, -0.2) is 21.2 Å². The lowest BCUT2D eigenvalue weighted by Crippen LogP contribution is -2.13. The molecule has 0 unspecified atom stereocenters. The summed E-state index contributed by atoms with van der Waals surface area (Å²) in [6.45, 7) is 0. The molecule has 1 aromatic carbocycles. The van der Waals surface area contributed by atoms with Crippen molar-refractivity contribution in [2.75, 3.05) is 11.1 Å². The van der Waals surface area contributed by atoms with E-state index >= 15 is 0 Å². The number of aromatic nitrogens is 2. The second kappa shape index (κ2) is 3.93. The molecule has 0 saturated carbocycles. The third kappa shape index (κ3) is 1.95. The van der Waals surface area contributed by atoms with Crippen LogP contribution in [-0.2, 0) is 0 Å². The van der Waals surface area contributed by atoms with Gasteiger partial charge in [-0.2, -0.15) is 5.10 Å². The van der Waals surface area contributed by atoms with E-state index in [9.17, 15) is 4.79 Å². The molecule has 0 radical (unpaired) electrons. The zero-order valence-corrected chi connectivity index (χ0v) is 8.27. The van der Waals surface area contributed by atoms with Crippen molar-refractivity contribution in [2.45, 2.75) is 0 Å². The van der Waals surface area contributed by atoms with Crippen molar-refractivity contribution in [2.24, 2.45) is 0 Å². The zero-order chi connectivity index (χ0) is 11.5. The van der Waals surface area contributed by atoms with Gasteiger partial charge in [-0.25, -0.2) is 0 Å². The number of anilines is 2. The Morgan fingerprint density at radius 3 is 2.62 bits per heavy atom. The number of amides is 1. The average molecular weight is 218 g/mol. The van der Waals surface area contributed by atoms with E-state index in [1.165, 1.54) is 30.5 Å². The molecule has 6 nitrogen and oxygen atoms in total. The maximum Gasteiger partial charge on any atom is 0.256 e. The number of aromatic amines is 1. The second-order valence-electron chi connectivity index (χ2n) is 3.20. The number of phenolic OH excluding ortho intramolecular Hbond substituents is 1. The van der Waals surface area contributed by atoms with Gasteiger partial charge in [0.25, 0.3) is 5.91 Å². The van der Waals surface area contributed by atoms with Gasteiger partial charge in [0.05, 0.1) is 11.9 Å². The zero-order valence-electron chi connectivity index (χ0n) is 8.27. The van der Waals surface area contributed by atoms with Gasteiger partial charge in [0, 0.05) is 5.56 Å². The molecular weight excluding hydrogens is 208 g/mol. The van der Waals surface area contributed by atoms with Gasteiger partial charge >= 0.3 is 0 Å². The molecule has 1 amide bonds. The van der Waals surface area contributed by atoms with Crippen LogP contribution in [0.1, 0.15) is 10.4 Å². The molecule has 0 aliphatic heterocycles. The topological polar surface area (TPSA) is 104 Å². The number of phenols is 1. The Kier molecular flexibility index (Phi) is 2.47. The molecule has 0 aliphatic rings. The van der Waals surface area contributed by atoms with Crippen LogP contribution in [0.2, 0.25) is 0 Å². The summed E-state index contributed by atoms with van der Waals surface area (Å²) in [5.74, 6) is 0.145. The number of H-pyrrole nitrogens is 1. The van der Waals surface area contributed by atoms with Crippen LogP contribution in [0.5, 0.6) is 5.75 Å². The smallest absolute Gasteiger partial charge is 0.256 e. The molecule has 0 aliphatic carbocycles. The predicted molar refractivity (Wildman–Crippen MR) is 59.1 cm³/mol. The Balaban J connectivity index is 2.15. The molecule has 2 rings (SSSR count). The van der Waals surface area contributed by atoms with E-state index < -0.39 is 0 Å². The van der Waals surface area contributed by atoms with E-state index in [-0.39, 0.29) is 11.7 Å². The molecule has 82 valence electrons. The molecule has 0 saturated heterocycles. The van der Waals surface area contributed by atoms with Gasteiger partial charge in [-0.3, -0.25) is 9.89 Å². The van der Waals surface area contributed by atoms with Crippen molar-refractivity contribution in [3.8, 4) is 5.75 Å². The number of aromatic hydroxyl groups is 1. The van der Waals surface area contributed by atoms with Crippen molar-refractivity contribution in [3.63, 3.8) is 0 Å². The summed E-state index contributed by atoms with van der Waals surface area (Å²) in [6, 6.07) is 5.89. The number of nitrogens with one attached hydrogen (secondary N) is 2. The number of rotatable bonds is 2. The molecule has 6 heteroatoms. The molecular formula is C10H10N4O2. The van der Waals surface area contributed by atoms with E-state index in [4.69, 9.17) is 10.8 Å². The van der Waals surface area contributed by atoms with Crippen LogP contribution in [0.3, 0.4) is 0 Å². The van der Waals surface area contributed by atoms with Gasteiger partial charge in [-0.05, 0) is 24.3 Å². The molecule has 0 spiro atoms. The van der Waals surface area contributed by atoms with Crippen LogP contribution in [0, 0.1) is 0 Å². The van der Waals surface area contributed by atoms with Crippen molar-refractivity contribution in [1.82, 2.24) is 10.2 Å². The van der Waals surface area contributed by atoms with Crippen LogP contribution < -0.4 is 11.1 Å². The minimum absolute atomic E-state index is 0.109. The minimum atomic E-state index is -0.323. The lowest BCUT2D eigenvalue weighted by molar-refractivity contribution is 0.102. The largest absolute Gasteiger partial charge is 0.508 e. The number of hydrogen-bond acceptors (Lipinski definition) is 4. The van der Waals surface area contributed by atoms with E-state index in [1.807, 2.05) is 0 Å². The van der Waals surface area contributed by atoms with Gasteiger partial charge < -0.3 is 16.2 Å². The van der Waals surface area contributed by atoms with Crippen LogP contribution in [0.15, 0.2) is 30.5 Å². The molecule has 5 N–H and O–H groups in total. The monoisotopic (exact) mass is 218 g/mol. The third-order valence-corrected chi connectivity index (χ3v) is 2.04. The van der Waals surface area contributed by atoms with E-state index in [2.05, 4.69) is 15.5 Å². The Bertz CT molecular complexity index is 504. The lowest BCUT2D eigenvalue weighted by Gasteiger charge is -2.03. The van der Waals surface area contributed by atoms with Gasteiger partial charge in [0.15, 0.2) is 5.82 Å². The standard InChI is InChI=1S/C10H10N4O2/c11-8-5-12-14-9(8)13-10(16)6-1-3-7(15)4-2-6/h1-5,15H,11H2,(H2,12,13,14,16). The SMILES string of the molecule is Nc1cn[nH]c1NC(=O)c1ccc(O)cc1. The molecule has 16 heavy (non-hydrogen) atoms. The first kappa shape index (κ1) is 10.0.